The van der Waals surface area contributed by atoms with Gasteiger partial charge in [0.1, 0.15) is 0 Å². The van der Waals surface area contributed by atoms with Gasteiger partial charge in [-0.05, 0) is 5.56 Å². The summed E-state index contributed by atoms with van der Waals surface area (Å²) in [5.74, 6) is -0.890. The van der Waals surface area contributed by atoms with E-state index in [0.717, 1.165) is 5.56 Å². The van der Waals surface area contributed by atoms with Gasteiger partial charge in [0.2, 0.25) is 0 Å². The fraction of sp³-hybridized carbons (Fsp3) is 0.375. The Labute approximate surface area is 139 Å². The summed E-state index contributed by atoms with van der Waals surface area (Å²) in [6.07, 6.45) is 1.51. The van der Waals surface area contributed by atoms with Gasteiger partial charge in [-0.1, -0.05) is 35.5 Å². The van der Waals surface area contributed by atoms with Gasteiger partial charge in [0, 0.05) is 13.1 Å². The number of hydrogen-bond donors (Lipinski definition) is 0. The Morgan fingerprint density at radius 3 is 2.67 bits per heavy atom. The van der Waals surface area contributed by atoms with Crippen LogP contribution in [-0.2, 0) is 20.8 Å². The highest BCUT2D eigenvalue weighted by atomic mass is 16.5. The zero-order valence-corrected chi connectivity index (χ0v) is 13.1. The molecule has 8 nitrogen and oxygen atoms in total. The maximum atomic E-state index is 12.0. The van der Waals surface area contributed by atoms with Gasteiger partial charge in [0.15, 0.2) is 12.3 Å². The summed E-state index contributed by atoms with van der Waals surface area (Å²) >= 11 is 0. The topological polar surface area (TPSA) is 86.5 Å². The Morgan fingerprint density at radius 2 is 1.92 bits per heavy atom. The fourth-order valence-corrected chi connectivity index (χ4v) is 2.34. The largest absolute Gasteiger partial charge is 0.451 e. The normalized spacial score (nSPS) is 14.4. The van der Waals surface area contributed by atoms with E-state index in [0.29, 0.717) is 32.8 Å². The number of nitrogens with zero attached hydrogens (tertiary/aromatic N) is 4. The molecule has 0 unspecified atom stereocenters. The van der Waals surface area contributed by atoms with E-state index in [-0.39, 0.29) is 18.2 Å². The zero-order valence-electron chi connectivity index (χ0n) is 13.1. The molecule has 1 aliphatic rings. The second-order valence-electron chi connectivity index (χ2n) is 5.36. The Morgan fingerprint density at radius 1 is 1.17 bits per heavy atom. The van der Waals surface area contributed by atoms with Gasteiger partial charge in [-0.3, -0.25) is 4.79 Å². The van der Waals surface area contributed by atoms with Crippen LogP contribution in [0.2, 0.25) is 0 Å². The number of ether oxygens (including phenoxy) is 2. The predicted molar refractivity (Wildman–Crippen MR) is 83.2 cm³/mol. The van der Waals surface area contributed by atoms with Crippen molar-refractivity contribution in [2.45, 2.75) is 6.54 Å². The van der Waals surface area contributed by atoms with E-state index in [9.17, 15) is 9.59 Å². The first-order chi connectivity index (χ1) is 11.7. The van der Waals surface area contributed by atoms with Gasteiger partial charge in [0.25, 0.3) is 5.91 Å². The van der Waals surface area contributed by atoms with Gasteiger partial charge >= 0.3 is 5.97 Å². The van der Waals surface area contributed by atoms with Gasteiger partial charge in [-0.2, -0.15) is 0 Å². The van der Waals surface area contributed by atoms with Crippen LogP contribution < -0.4 is 0 Å². The van der Waals surface area contributed by atoms with E-state index in [2.05, 4.69) is 10.3 Å². The van der Waals surface area contributed by atoms with Crippen molar-refractivity contribution in [2.75, 3.05) is 32.9 Å². The third-order valence-electron chi connectivity index (χ3n) is 3.63. The molecule has 0 spiro atoms. The molecule has 1 aromatic heterocycles. The molecule has 1 saturated heterocycles. The van der Waals surface area contributed by atoms with E-state index >= 15 is 0 Å². The van der Waals surface area contributed by atoms with Crippen molar-refractivity contribution >= 4 is 11.9 Å². The van der Waals surface area contributed by atoms with E-state index in [1.807, 2.05) is 30.3 Å². The van der Waals surface area contributed by atoms with Crippen molar-refractivity contribution in [3.63, 3.8) is 0 Å². The number of carbonyl (C=O) groups excluding carboxylic acids is 2. The van der Waals surface area contributed by atoms with Crippen LogP contribution in [0.1, 0.15) is 16.1 Å². The standard InChI is InChI=1S/C16H18N4O4/c21-15(19-6-8-23-9-7-19)12-24-16(22)14-11-20(18-17-14)10-13-4-2-1-3-5-13/h1-5,11H,6-10,12H2. The zero-order chi connectivity index (χ0) is 16.8. The molecule has 0 aliphatic carbocycles. The molecular weight excluding hydrogens is 312 g/mol. The summed E-state index contributed by atoms with van der Waals surface area (Å²) in [5, 5.41) is 7.70. The molecule has 8 heteroatoms. The molecule has 2 heterocycles. The lowest BCUT2D eigenvalue weighted by Crippen LogP contribution is -2.42. The lowest BCUT2D eigenvalue weighted by molar-refractivity contribution is -0.138. The van der Waals surface area contributed by atoms with Gasteiger partial charge in [-0.25, -0.2) is 9.48 Å². The first kappa shape index (κ1) is 16.1. The molecule has 1 aliphatic heterocycles. The van der Waals surface area contributed by atoms with Crippen molar-refractivity contribution in [3.05, 3.63) is 47.8 Å². The maximum Gasteiger partial charge on any atom is 0.361 e. The molecule has 3 rings (SSSR count). The molecule has 1 fully saturated rings. The summed E-state index contributed by atoms with van der Waals surface area (Å²) in [6.45, 7) is 2.26. The smallest absolute Gasteiger partial charge is 0.361 e. The minimum Gasteiger partial charge on any atom is -0.451 e. The Balaban J connectivity index is 1.51. The van der Waals surface area contributed by atoms with Crippen LogP contribution in [0.15, 0.2) is 36.5 Å². The number of hydrogen-bond acceptors (Lipinski definition) is 6. The minimum absolute atomic E-state index is 0.0840. The number of amides is 1. The number of morpholine rings is 1. The highest BCUT2D eigenvalue weighted by molar-refractivity contribution is 5.89. The quantitative estimate of drug-likeness (QED) is 0.735. The van der Waals surface area contributed by atoms with E-state index in [1.54, 1.807) is 9.58 Å². The average Bonchev–Trinajstić information content (AvgIpc) is 3.09. The number of rotatable bonds is 5. The van der Waals surface area contributed by atoms with Gasteiger partial charge in [0.05, 0.1) is 26.0 Å². The molecule has 0 N–H and O–H groups in total. The third kappa shape index (κ3) is 4.17. The second-order valence-corrected chi connectivity index (χ2v) is 5.36. The van der Waals surface area contributed by atoms with Crippen LogP contribution in [0.5, 0.6) is 0 Å². The molecule has 1 aromatic carbocycles. The Bertz CT molecular complexity index is 695. The van der Waals surface area contributed by atoms with Crippen LogP contribution in [0, 0.1) is 0 Å². The van der Waals surface area contributed by atoms with Crippen LogP contribution in [0.4, 0.5) is 0 Å². The molecule has 1 amide bonds. The van der Waals surface area contributed by atoms with Gasteiger partial charge < -0.3 is 14.4 Å². The molecule has 0 radical (unpaired) electrons. The van der Waals surface area contributed by atoms with E-state index in [4.69, 9.17) is 9.47 Å². The van der Waals surface area contributed by atoms with Crippen molar-refractivity contribution in [1.82, 2.24) is 19.9 Å². The van der Waals surface area contributed by atoms with E-state index in [1.165, 1.54) is 6.20 Å². The third-order valence-corrected chi connectivity index (χ3v) is 3.63. The molecule has 0 saturated carbocycles. The summed E-state index contributed by atoms with van der Waals surface area (Å²) < 4.78 is 11.7. The summed E-state index contributed by atoms with van der Waals surface area (Å²) in [4.78, 5) is 25.5. The van der Waals surface area contributed by atoms with Crippen LogP contribution in [0.3, 0.4) is 0 Å². The van der Waals surface area contributed by atoms with Crippen molar-refractivity contribution < 1.29 is 19.1 Å². The average molecular weight is 330 g/mol. The van der Waals surface area contributed by atoms with Crippen LogP contribution in [-0.4, -0.2) is 64.7 Å². The lowest BCUT2D eigenvalue weighted by Gasteiger charge is -2.26. The van der Waals surface area contributed by atoms with Crippen molar-refractivity contribution in [3.8, 4) is 0 Å². The predicted octanol–water partition coefficient (Wildman–Crippen LogP) is 0.342. The molecule has 0 bridgehead atoms. The summed E-state index contributed by atoms with van der Waals surface area (Å²) in [5.41, 5.74) is 1.13. The summed E-state index contributed by atoms with van der Waals surface area (Å²) in [6, 6.07) is 9.71. The monoisotopic (exact) mass is 330 g/mol. The minimum atomic E-state index is -0.657. The summed E-state index contributed by atoms with van der Waals surface area (Å²) in [7, 11) is 0. The van der Waals surface area contributed by atoms with Crippen LogP contribution in [0.25, 0.3) is 0 Å². The number of benzene rings is 1. The molecule has 24 heavy (non-hydrogen) atoms. The maximum absolute atomic E-state index is 12.0. The Kier molecular flexibility index (Phi) is 5.17. The van der Waals surface area contributed by atoms with Crippen molar-refractivity contribution in [2.24, 2.45) is 0 Å². The SMILES string of the molecule is O=C(OCC(=O)N1CCOCC1)c1cn(Cc2ccccc2)nn1. The van der Waals surface area contributed by atoms with Crippen molar-refractivity contribution in [1.29, 1.82) is 0 Å². The highest BCUT2D eigenvalue weighted by Gasteiger charge is 2.20. The second kappa shape index (κ2) is 7.69. The first-order valence-corrected chi connectivity index (χ1v) is 7.69. The molecular formula is C16H18N4O4. The molecule has 126 valence electrons. The van der Waals surface area contributed by atoms with Gasteiger partial charge in [-0.15, -0.1) is 5.10 Å². The highest BCUT2D eigenvalue weighted by Crippen LogP contribution is 2.04. The lowest BCUT2D eigenvalue weighted by atomic mass is 10.2. The number of carbonyl (C=O) groups is 2. The van der Waals surface area contributed by atoms with E-state index < -0.39 is 5.97 Å². The molecule has 2 aromatic rings. The fourth-order valence-electron chi connectivity index (χ4n) is 2.34. The van der Waals surface area contributed by atoms with Crippen LogP contribution >= 0.6 is 0 Å². The Hall–Kier alpha value is -2.74. The molecule has 0 atom stereocenters. The number of esters is 1. The number of aromatic nitrogens is 3. The first-order valence-electron chi connectivity index (χ1n) is 7.69.